The summed E-state index contributed by atoms with van der Waals surface area (Å²) in [6.07, 6.45) is 2.79. The van der Waals surface area contributed by atoms with Gasteiger partial charge in [0.25, 0.3) is 0 Å². The van der Waals surface area contributed by atoms with Crippen LogP contribution in [0.5, 0.6) is 0 Å². The third-order valence-corrected chi connectivity index (χ3v) is 2.70. The van der Waals surface area contributed by atoms with Crippen molar-refractivity contribution in [1.82, 2.24) is 0 Å². The summed E-state index contributed by atoms with van der Waals surface area (Å²) < 4.78 is 5.12. The summed E-state index contributed by atoms with van der Waals surface area (Å²) in [4.78, 5) is 23.4. The molecular weight excluding hydrogens is 256 g/mol. The fraction of sp³-hybridized carbons (Fsp3) is 0.250. The minimum Gasteiger partial charge on any atom is -0.478 e. The molecule has 0 bridgehead atoms. The number of hydrogen-bond acceptors (Lipinski definition) is 3. The summed E-state index contributed by atoms with van der Waals surface area (Å²) in [6.45, 7) is 5.71. The molecule has 0 saturated heterocycles. The van der Waals surface area contributed by atoms with Crippen molar-refractivity contribution in [1.29, 1.82) is 0 Å². The van der Waals surface area contributed by atoms with Crippen LogP contribution in [0.1, 0.15) is 25.3 Å². The van der Waals surface area contributed by atoms with Crippen molar-refractivity contribution in [2.75, 3.05) is 6.61 Å². The molecule has 20 heavy (non-hydrogen) atoms. The van der Waals surface area contributed by atoms with E-state index in [4.69, 9.17) is 4.74 Å². The Hall–Kier alpha value is -2.36. The van der Waals surface area contributed by atoms with E-state index in [2.05, 4.69) is 6.58 Å². The summed E-state index contributed by atoms with van der Waals surface area (Å²) >= 11 is 0. The molecule has 0 aromatic heterocycles. The van der Waals surface area contributed by atoms with Crippen LogP contribution < -0.4 is 0 Å². The lowest BCUT2D eigenvalue weighted by Gasteiger charge is -2.10. The average Bonchev–Trinajstić information content (AvgIpc) is 2.45. The number of carbonyl (C=O) groups excluding carboxylic acids is 1. The number of esters is 1. The van der Waals surface area contributed by atoms with Crippen LogP contribution >= 0.6 is 0 Å². The van der Waals surface area contributed by atoms with Gasteiger partial charge < -0.3 is 9.84 Å². The van der Waals surface area contributed by atoms with Gasteiger partial charge in [0.2, 0.25) is 0 Å². The Labute approximate surface area is 118 Å². The van der Waals surface area contributed by atoms with E-state index in [9.17, 15) is 14.7 Å². The average molecular weight is 274 g/mol. The summed E-state index contributed by atoms with van der Waals surface area (Å²) in [5.41, 5.74) is 0.383. The molecule has 1 aromatic carbocycles. The molecule has 0 radical (unpaired) electrons. The SMILES string of the molecule is C=CC(C(=O)O)=C(C(=O)OCCCC)c1ccccc1. The van der Waals surface area contributed by atoms with Crippen LogP contribution in [-0.4, -0.2) is 23.7 Å². The Morgan fingerprint density at radius 2 is 1.95 bits per heavy atom. The second-order valence-corrected chi connectivity index (χ2v) is 4.15. The molecular formula is C16H18O4. The number of rotatable bonds is 7. The first-order valence-electron chi connectivity index (χ1n) is 6.44. The summed E-state index contributed by atoms with van der Waals surface area (Å²) in [6, 6.07) is 8.60. The lowest BCUT2D eigenvalue weighted by molar-refractivity contribution is -0.137. The van der Waals surface area contributed by atoms with Crippen molar-refractivity contribution in [3.8, 4) is 0 Å². The van der Waals surface area contributed by atoms with Crippen LogP contribution in [0.15, 0.2) is 48.6 Å². The van der Waals surface area contributed by atoms with E-state index in [0.717, 1.165) is 18.9 Å². The standard InChI is InChI=1S/C16H18O4/c1-3-5-11-20-16(19)14(13(4-2)15(17)18)12-9-7-6-8-10-12/h4,6-10H,2-3,5,11H2,1H3,(H,17,18). The van der Waals surface area contributed by atoms with E-state index in [-0.39, 0.29) is 17.8 Å². The Morgan fingerprint density at radius 3 is 2.45 bits per heavy atom. The number of carbonyl (C=O) groups is 2. The van der Waals surface area contributed by atoms with E-state index in [1.165, 1.54) is 0 Å². The number of ether oxygens (including phenoxy) is 1. The van der Waals surface area contributed by atoms with Gasteiger partial charge in [0, 0.05) is 0 Å². The zero-order valence-corrected chi connectivity index (χ0v) is 11.5. The molecule has 0 aliphatic heterocycles. The molecule has 0 unspecified atom stereocenters. The molecule has 106 valence electrons. The normalized spacial score (nSPS) is 11.4. The maximum Gasteiger partial charge on any atom is 0.339 e. The van der Waals surface area contributed by atoms with Crippen molar-refractivity contribution in [3.63, 3.8) is 0 Å². The largest absolute Gasteiger partial charge is 0.478 e. The Morgan fingerprint density at radius 1 is 1.30 bits per heavy atom. The topological polar surface area (TPSA) is 63.6 Å². The molecule has 0 aliphatic rings. The molecule has 0 heterocycles. The van der Waals surface area contributed by atoms with Crippen molar-refractivity contribution < 1.29 is 19.4 Å². The number of carboxylic acid groups (broad SMARTS) is 1. The highest BCUT2D eigenvalue weighted by molar-refractivity contribution is 6.23. The van der Waals surface area contributed by atoms with Gasteiger partial charge in [-0.2, -0.15) is 0 Å². The van der Waals surface area contributed by atoms with Gasteiger partial charge in [-0.15, -0.1) is 0 Å². The van der Waals surface area contributed by atoms with E-state index >= 15 is 0 Å². The van der Waals surface area contributed by atoms with Gasteiger partial charge in [0.1, 0.15) is 0 Å². The maximum absolute atomic E-state index is 12.1. The van der Waals surface area contributed by atoms with E-state index < -0.39 is 11.9 Å². The molecule has 4 nitrogen and oxygen atoms in total. The zero-order chi connectivity index (χ0) is 15.0. The predicted octanol–water partition coefficient (Wildman–Crippen LogP) is 3.05. The van der Waals surface area contributed by atoms with Gasteiger partial charge in [-0.1, -0.05) is 56.3 Å². The first-order chi connectivity index (χ1) is 9.61. The van der Waals surface area contributed by atoms with Gasteiger partial charge >= 0.3 is 11.9 Å². The Kier molecular flexibility index (Phi) is 6.23. The molecule has 1 N–H and O–H groups in total. The van der Waals surface area contributed by atoms with Gasteiger partial charge in [0.05, 0.1) is 17.8 Å². The second kappa shape index (κ2) is 7.94. The smallest absolute Gasteiger partial charge is 0.339 e. The number of hydrogen-bond donors (Lipinski definition) is 1. The predicted molar refractivity (Wildman–Crippen MR) is 77.1 cm³/mol. The van der Waals surface area contributed by atoms with Crippen LogP contribution in [0.25, 0.3) is 5.57 Å². The first kappa shape index (κ1) is 15.7. The van der Waals surface area contributed by atoms with E-state index in [0.29, 0.717) is 5.56 Å². The van der Waals surface area contributed by atoms with Crippen molar-refractivity contribution >= 4 is 17.5 Å². The van der Waals surface area contributed by atoms with Crippen molar-refractivity contribution in [2.45, 2.75) is 19.8 Å². The van der Waals surface area contributed by atoms with Gasteiger partial charge in [-0.25, -0.2) is 9.59 Å². The Bertz CT molecular complexity index is 515. The van der Waals surface area contributed by atoms with Crippen LogP contribution in [0.3, 0.4) is 0 Å². The minimum atomic E-state index is -1.20. The summed E-state index contributed by atoms with van der Waals surface area (Å²) in [7, 11) is 0. The molecule has 0 amide bonds. The zero-order valence-electron chi connectivity index (χ0n) is 11.5. The highest BCUT2D eigenvalue weighted by atomic mass is 16.5. The molecule has 0 atom stereocenters. The molecule has 4 heteroatoms. The van der Waals surface area contributed by atoms with Gasteiger partial charge in [-0.3, -0.25) is 0 Å². The molecule has 0 fully saturated rings. The third kappa shape index (κ3) is 4.09. The number of aliphatic carboxylic acids is 1. The minimum absolute atomic E-state index is 0.0317. The summed E-state index contributed by atoms with van der Waals surface area (Å²) in [5, 5.41) is 9.19. The summed E-state index contributed by atoms with van der Waals surface area (Å²) in [5.74, 6) is -1.84. The lowest BCUT2D eigenvalue weighted by Crippen LogP contribution is -2.13. The second-order valence-electron chi connectivity index (χ2n) is 4.15. The monoisotopic (exact) mass is 274 g/mol. The molecule has 1 rings (SSSR count). The molecule has 1 aromatic rings. The molecule has 0 aliphatic carbocycles. The van der Waals surface area contributed by atoms with E-state index in [1.54, 1.807) is 30.3 Å². The van der Waals surface area contributed by atoms with Crippen LogP contribution in [0, 0.1) is 0 Å². The number of benzene rings is 1. The third-order valence-electron chi connectivity index (χ3n) is 2.70. The Balaban J connectivity index is 3.18. The van der Waals surface area contributed by atoms with Gasteiger partial charge in [0.15, 0.2) is 0 Å². The fourth-order valence-electron chi connectivity index (χ4n) is 1.67. The highest BCUT2D eigenvalue weighted by Gasteiger charge is 2.21. The molecule has 0 saturated carbocycles. The van der Waals surface area contributed by atoms with Crippen LogP contribution in [-0.2, 0) is 14.3 Å². The number of unbranched alkanes of at least 4 members (excludes halogenated alkanes) is 1. The highest BCUT2D eigenvalue weighted by Crippen LogP contribution is 2.21. The van der Waals surface area contributed by atoms with Gasteiger partial charge in [-0.05, 0) is 12.0 Å². The quantitative estimate of drug-likeness (QED) is 0.359. The number of carboxylic acids is 1. The van der Waals surface area contributed by atoms with Crippen LogP contribution in [0.4, 0.5) is 0 Å². The fourth-order valence-corrected chi connectivity index (χ4v) is 1.67. The van der Waals surface area contributed by atoms with Crippen LogP contribution in [0.2, 0.25) is 0 Å². The lowest BCUT2D eigenvalue weighted by atomic mass is 10.00. The maximum atomic E-state index is 12.1. The molecule has 0 spiro atoms. The van der Waals surface area contributed by atoms with E-state index in [1.807, 2.05) is 6.92 Å². The first-order valence-corrected chi connectivity index (χ1v) is 6.44. The van der Waals surface area contributed by atoms with Crippen molar-refractivity contribution in [2.24, 2.45) is 0 Å². The van der Waals surface area contributed by atoms with Crippen molar-refractivity contribution in [3.05, 3.63) is 54.1 Å².